The predicted octanol–water partition coefficient (Wildman–Crippen LogP) is 6.39. The predicted molar refractivity (Wildman–Crippen MR) is 113 cm³/mol. The van der Waals surface area contributed by atoms with Crippen LogP contribution in [0.25, 0.3) is 0 Å². The van der Waals surface area contributed by atoms with Crippen molar-refractivity contribution >= 4 is 5.78 Å². The van der Waals surface area contributed by atoms with Gasteiger partial charge in [0.1, 0.15) is 5.78 Å². The third-order valence-corrected chi connectivity index (χ3v) is 5.51. The number of benzene rings is 3. The van der Waals surface area contributed by atoms with Crippen LogP contribution in [-0.2, 0) is 10.2 Å². The molecule has 1 heteroatoms. The average molecular weight is 357 g/mol. The molecule has 0 aliphatic heterocycles. The molecule has 27 heavy (non-hydrogen) atoms. The quantitative estimate of drug-likeness (QED) is 0.479. The van der Waals surface area contributed by atoms with Gasteiger partial charge in [0.25, 0.3) is 0 Å². The summed E-state index contributed by atoms with van der Waals surface area (Å²) in [6.07, 6.45) is 0.500. The second-order valence-corrected chi connectivity index (χ2v) is 7.45. The normalized spacial score (nSPS) is 12.7. The molecule has 0 spiro atoms. The first kappa shape index (κ1) is 19.1. The third kappa shape index (κ3) is 3.47. The van der Waals surface area contributed by atoms with Gasteiger partial charge in [-0.05, 0) is 22.6 Å². The Morgan fingerprint density at radius 2 is 1.15 bits per heavy atom. The highest BCUT2D eigenvalue weighted by Gasteiger charge is 2.48. The lowest BCUT2D eigenvalue weighted by Gasteiger charge is -2.43. The zero-order chi connectivity index (χ0) is 19.3. The van der Waals surface area contributed by atoms with Gasteiger partial charge in [-0.15, -0.1) is 0 Å². The second kappa shape index (κ2) is 8.35. The molecule has 0 amide bonds. The van der Waals surface area contributed by atoms with Gasteiger partial charge in [-0.1, -0.05) is 112 Å². The second-order valence-electron chi connectivity index (χ2n) is 7.45. The highest BCUT2D eigenvalue weighted by Crippen LogP contribution is 2.49. The summed E-state index contributed by atoms with van der Waals surface area (Å²) >= 11 is 0. The van der Waals surface area contributed by atoms with Crippen molar-refractivity contribution < 1.29 is 4.79 Å². The molecule has 3 aromatic carbocycles. The maximum atomic E-state index is 13.8. The molecule has 0 aliphatic rings. The number of rotatable bonds is 7. The summed E-state index contributed by atoms with van der Waals surface area (Å²) in [5, 5.41) is 0. The Bertz CT molecular complexity index is 811. The number of carbonyl (C=O) groups excluding carboxylic acids is 1. The number of ketones is 1. The Labute approximate surface area is 163 Å². The van der Waals surface area contributed by atoms with Crippen molar-refractivity contribution in [1.29, 1.82) is 0 Å². The fourth-order valence-corrected chi connectivity index (χ4v) is 4.50. The minimum absolute atomic E-state index is 0.0518. The van der Waals surface area contributed by atoms with Crippen LogP contribution >= 0.6 is 0 Å². The monoisotopic (exact) mass is 356 g/mol. The summed E-state index contributed by atoms with van der Waals surface area (Å²) in [4.78, 5) is 13.8. The van der Waals surface area contributed by atoms with Crippen LogP contribution in [0, 0.1) is 5.92 Å². The van der Waals surface area contributed by atoms with E-state index in [-0.39, 0.29) is 11.7 Å². The van der Waals surface area contributed by atoms with E-state index < -0.39 is 5.41 Å². The molecule has 0 radical (unpaired) electrons. The van der Waals surface area contributed by atoms with Gasteiger partial charge in [0, 0.05) is 12.3 Å². The number of hydrogen-bond acceptors (Lipinski definition) is 1. The molecule has 1 nitrogen and oxygen atoms in total. The van der Waals surface area contributed by atoms with Crippen LogP contribution < -0.4 is 0 Å². The Balaban J connectivity index is 2.40. The fourth-order valence-electron chi connectivity index (χ4n) is 4.50. The smallest absolute Gasteiger partial charge is 0.148 e. The standard InChI is InChI=1S/C26H28O/c1-4-24(27)26(22-16-10-6-11-17-22,23-18-12-7-13-19-23)25(20(2)3)21-14-8-5-9-15-21/h5-20,25H,4H2,1-3H3. The van der Waals surface area contributed by atoms with E-state index in [1.54, 1.807) is 0 Å². The molecule has 1 atom stereocenters. The molecule has 0 aliphatic carbocycles. The lowest BCUT2D eigenvalue weighted by Crippen LogP contribution is -2.44. The highest BCUT2D eigenvalue weighted by atomic mass is 16.1. The van der Waals surface area contributed by atoms with E-state index in [9.17, 15) is 4.79 Å². The molecule has 0 aromatic heterocycles. The Morgan fingerprint density at radius 1 is 0.741 bits per heavy atom. The lowest BCUT2D eigenvalue weighted by atomic mass is 9.57. The summed E-state index contributed by atoms with van der Waals surface area (Å²) in [6.45, 7) is 6.42. The molecule has 0 heterocycles. The van der Waals surface area contributed by atoms with E-state index in [2.05, 4.69) is 62.4 Å². The van der Waals surface area contributed by atoms with Crippen molar-refractivity contribution in [3.8, 4) is 0 Å². The molecule has 3 rings (SSSR count). The van der Waals surface area contributed by atoms with Crippen LogP contribution in [0.2, 0.25) is 0 Å². The van der Waals surface area contributed by atoms with Gasteiger partial charge in [-0.2, -0.15) is 0 Å². The zero-order valence-electron chi connectivity index (χ0n) is 16.4. The van der Waals surface area contributed by atoms with Crippen LogP contribution in [0.5, 0.6) is 0 Å². The van der Waals surface area contributed by atoms with Gasteiger partial charge in [0.05, 0.1) is 5.41 Å². The summed E-state index contributed by atoms with van der Waals surface area (Å²) in [7, 11) is 0. The number of hydrogen-bond donors (Lipinski definition) is 0. The van der Waals surface area contributed by atoms with Crippen molar-refractivity contribution in [3.63, 3.8) is 0 Å². The van der Waals surface area contributed by atoms with Crippen molar-refractivity contribution in [2.24, 2.45) is 5.92 Å². The summed E-state index contributed by atoms with van der Waals surface area (Å²) in [5.74, 6) is 0.613. The molecule has 0 saturated heterocycles. The SMILES string of the molecule is CCC(=O)C(c1ccccc1)(c1ccccc1)C(c1ccccc1)C(C)C. The van der Waals surface area contributed by atoms with E-state index in [0.717, 1.165) is 11.1 Å². The largest absolute Gasteiger partial charge is 0.298 e. The molecule has 0 N–H and O–H groups in total. The maximum Gasteiger partial charge on any atom is 0.148 e. The zero-order valence-corrected chi connectivity index (χ0v) is 16.4. The van der Waals surface area contributed by atoms with Gasteiger partial charge in [0.2, 0.25) is 0 Å². The highest BCUT2D eigenvalue weighted by molar-refractivity contribution is 5.95. The summed E-state index contributed by atoms with van der Waals surface area (Å²) < 4.78 is 0. The first-order valence-corrected chi connectivity index (χ1v) is 9.81. The Kier molecular flexibility index (Phi) is 5.91. The molecule has 1 unspecified atom stereocenters. The molecule has 3 aromatic rings. The van der Waals surface area contributed by atoms with Gasteiger partial charge >= 0.3 is 0 Å². The minimum Gasteiger partial charge on any atom is -0.298 e. The van der Waals surface area contributed by atoms with Crippen molar-refractivity contribution in [2.75, 3.05) is 0 Å². The van der Waals surface area contributed by atoms with Crippen LogP contribution in [-0.4, -0.2) is 5.78 Å². The Hall–Kier alpha value is -2.67. The molecular formula is C26H28O. The van der Waals surface area contributed by atoms with E-state index in [1.165, 1.54) is 5.56 Å². The van der Waals surface area contributed by atoms with Crippen LogP contribution in [0.4, 0.5) is 0 Å². The Morgan fingerprint density at radius 3 is 1.52 bits per heavy atom. The molecule has 138 valence electrons. The van der Waals surface area contributed by atoms with Gasteiger partial charge < -0.3 is 0 Å². The summed E-state index contributed by atoms with van der Waals surface area (Å²) in [5.41, 5.74) is 2.66. The lowest BCUT2D eigenvalue weighted by molar-refractivity contribution is -0.124. The topological polar surface area (TPSA) is 17.1 Å². The van der Waals surface area contributed by atoms with E-state index in [1.807, 2.05) is 49.4 Å². The van der Waals surface area contributed by atoms with E-state index in [0.29, 0.717) is 12.3 Å². The first-order valence-electron chi connectivity index (χ1n) is 9.81. The number of Topliss-reactive ketones (excluding diaryl/α,β-unsaturated/α-hetero) is 1. The summed E-state index contributed by atoms with van der Waals surface area (Å²) in [6, 6.07) is 31.1. The van der Waals surface area contributed by atoms with Crippen molar-refractivity contribution in [1.82, 2.24) is 0 Å². The maximum absolute atomic E-state index is 13.8. The molecule has 0 fully saturated rings. The van der Waals surface area contributed by atoms with Crippen molar-refractivity contribution in [2.45, 2.75) is 38.5 Å². The van der Waals surface area contributed by atoms with Gasteiger partial charge in [-0.3, -0.25) is 4.79 Å². The average Bonchev–Trinajstić information content (AvgIpc) is 2.73. The molecule has 0 bridgehead atoms. The molecule has 0 saturated carbocycles. The molecular weight excluding hydrogens is 328 g/mol. The van der Waals surface area contributed by atoms with Crippen molar-refractivity contribution in [3.05, 3.63) is 108 Å². The first-order chi connectivity index (χ1) is 13.1. The fraction of sp³-hybridized carbons (Fsp3) is 0.269. The minimum atomic E-state index is -0.702. The van der Waals surface area contributed by atoms with Crippen LogP contribution in [0.15, 0.2) is 91.0 Å². The van der Waals surface area contributed by atoms with Crippen LogP contribution in [0.1, 0.15) is 49.8 Å². The number of carbonyl (C=O) groups is 1. The van der Waals surface area contributed by atoms with E-state index in [4.69, 9.17) is 0 Å². The third-order valence-electron chi connectivity index (χ3n) is 5.51. The van der Waals surface area contributed by atoms with E-state index >= 15 is 0 Å². The van der Waals surface area contributed by atoms with Gasteiger partial charge in [0.15, 0.2) is 0 Å². The van der Waals surface area contributed by atoms with Gasteiger partial charge in [-0.25, -0.2) is 0 Å². The van der Waals surface area contributed by atoms with Crippen LogP contribution in [0.3, 0.4) is 0 Å².